The highest BCUT2D eigenvalue weighted by Gasteiger charge is 2.44. The first-order chi connectivity index (χ1) is 6.26. The van der Waals surface area contributed by atoms with Crippen LogP contribution in [0.25, 0.3) is 0 Å². The van der Waals surface area contributed by atoms with E-state index in [0.717, 1.165) is 12.8 Å². The molecule has 1 heterocycles. The first-order valence-electron chi connectivity index (χ1n) is 4.27. The van der Waals surface area contributed by atoms with Crippen molar-refractivity contribution in [2.75, 3.05) is 0 Å². The van der Waals surface area contributed by atoms with Crippen LogP contribution in [-0.4, -0.2) is 20.7 Å². The fourth-order valence-corrected chi connectivity index (χ4v) is 2.49. The van der Waals surface area contributed by atoms with Crippen LogP contribution < -0.4 is 0 Å². The molecule has 13 heavy (non-hydrogen) atoms. The Kier molecular flexibility index (Phi) is 2.03. The molecule has 1 aliphatic carbocycles. The smallest absolute Gasteiger partial charge is 0.315 e. The highest BCUT2D eigenvalue weighted by molar-refractivity contribution is 7.03. The number of carboxylic acids is 1. The topological polar surface area (TPSA) is 63.1 Å². The van der Waals surface area contributed by atoms with E-state index in [0.29, 0.717) is 18.5 Å². The molecular formula is C8H10N2O2S. The molecule has 1 aliphatic rings. The lowest BCUT2D eigenvalue weighted by molar-refractivity contribution is -0.143. The third-order valence-corrected chi connectivity index (χ3v) is 3.22. The molecule has 0 unspecified atom stereocenters. The Hall–Kier alpha value is -0.970. The Morgan fingerprint density at radius 3 is 2.69 bits per heavy atom. The molecule has 0 amide bonds. The minimum Gasteiger partial charge on any atom is -0.481 e. The molecule has 1 fully saturated rings. The Morgan fingerprint density at radius 1 is 1.54 bits per heavy atom. The van der Waals surface area contributed by atoms with E-state index >= 15 is 0 Å². The van der Waals surface area contributed by atoms with Crippen LogP contribution in [0.5, 0.6) is 0 Å². The number of carbonyl (C=O) groups is 1. The fourth-order valence-electron chi connectivity index (χ4n) is 1.93. The van der Waals surface area contributed by atoms with Crippen molar-refractivity contribution in [2.45, 2.75) is 31.1 Å². The summed E-state index contributed by atoms with van der Waals surface area (Å²) in [5.74, 6) is -0.752. The highest BCUT2D eigenvalue weighted by atomic mass is 32.1. The van der Waals surface area contributed by atoms with E-state index in [-0.39, 0.29) is 0 Å². The lowest BCUT2D eigenvalue weighted by Crippen LogP contribution is -2.32. The van der Waals surface area contributed by atoms with Gasteiger partial charge in [-0.15, -0.1) is 5.10 Å². The average Bonchev–Trinajstić information content (AvgIpc) is 2.75. The van der Waals surface area contributed by atoms with Crippen molar-refractivity contribution in [2.24, 2.45) is 0 Å². The van der Waals surface area contributed by atoms with Gasteiger partial charge in [-0.05, 0) is 24.4 Å². The fraction of sp³-hybridized carbons (Fsp3) is 0.625. The highest BCUT2D eigenvalue weighted by Crippen LogP contribution is 2.40. The second kappa shape index (κ2) is 3.06. The van der Waals surface area contributed by atoms with Crippen molar-refractivity contribution in [1.82, 2.24) is 9.59 Å². The van der Waals surface area contributed by atoms with E-state index in [1.807, 2.05) is 0 Å². The first-order valence-corrected chi connectivity index (χ1v) is 5.10. The molecule has 1 aromatic heterocycles. The summed E-state index contributed by atoms with van der Waals surface area (Å²) in [4.78, 5) is 11.2. The van der Waals surface area contributed by atoms with Crippen molar-refractivity contribution in [3.8, 4) is 0 Å². The summed E-state index contributed by atoms with van der Waals surface area (Å²) in [6.45, 7) is 0. The summed E-state index contributed by atoms with van der Waals surface area (Å²) in [5.41, 5.74) is -0.0880. The molecule has 4 nitrogen and oxygen atoms in total. The number of carboxylic acid groups (broad SMARTS) is 1. The number of rotatable bonds is 2. The van der Waals surface area contributed by atoms with Gasteiger partial charge in [-0.25, -0.2) is 0 Å². The van der Waals surface area contributed by atoms with E-state index in [2.05, 4.69) is 9.59 Å². The predicted octanol–water partition coefficient (Wildman–Crippen LogP) is 1.43. The molecule has 0 spiro atoms. The normalized spacial score (nSPS) is 20.3. The monoisotopic (exact) mass is 198 g/mol. The third-order valence-electron chi connectivity index (χ3n) is 2.72. The van der Waals surface area contributed by atoms with Crippen molar-refractivity contribution in [3.63, 3.8) is 0 Å². The van der Waals surface area contributed by atoms with Crippen molar-refractivity contribution in [3.05, 3.63) is 11.1 Å². The van der Waals surface area contributed by atoms with Crippen LogP contribution in [0.1, 0.15) is 31.4 Å². The van der Waals surface area contributed by atoms with Crippen LogP contribution in [-0.2, 0) is 10.2 Å². The molecule has 1 N–H and O–H groups in total. The number of aromatic nitrogens is 2. The van der Waals surface area contributed by atoms with Crippen LogP contribution in [0.3, 0.4) is 0 Å². The second-order valence-corrected chi connectivity index (χ2v) is 3.99. The lowest BCUT2D eigenvalue weighted by Gasteiger charge is -2.20. The van der Waals surface area contributed by atoms with E-state index in [1.165, 1.54) is 11.5 Å². The van der Waals surface area contributed by atoms with E-state index in [1.54, 1.807) is 5.38 Å². The average molecular weight is 198 g/mol. The van der Waals surface area contributed by atoms with Gasteiger partial charge in [0.15, 0.2) is 0 Å². The molecule has 1 saturated carbocycles. The maximum Gasteiger partial charge on any atom is 0.315 e. The summed E-state index contributed by atoms with van der Waals surface area (Å²) >= 11 is 1.22. The van der Waals surface area contributed by atoms with E-state index in [4.69, 9.17) is 0 Å². The summed E-state index contributed by atoms with van der Waals surface area (Å²) in [7, 11) is 0. The summed E-state index contributed by atoms with van der Waals surface area (Å²) in [6, 6.07) is 0. The van der Waals surface area contributed by atoms with Crippen molar-refractivity contribution in [1.29, 1.82) is 0 Å². The maximum absolute atomic E-state index is 11.2. The van der Waals surface area contributed by atoms with Gasteiger partial charge in [0.2, 0.25) is 0 Å². The van der Waals surface area contributed by atoms with Crippen molar-refractivity contribution >= 4 is 17.5 Å². The molecule has 2 rings (SSSR count). The standard InChI is InChI=1S/C8H10N2O2S/c11-7(12)8(3-1-2-4-8)6-5-13-10-9-6/h5H,1-4H2,(H,11,12). The quantitative estimate of drug-likeness (QED) is 0.780. The first kappa shape index (κ1) is 8.62. The largest absolute Gasteiger partial charge is 0.481 e. The molecule has 0 aliphatic heterocycles. The van der Waals surface area contributed by atoms with Crippen LogP contribution in [0.2, 0.25) is 0 Å². The lowest BCUT2D eigenvalue weighted by atomic mass is 9.83. The zero-order chi connectivity index (χ0) is 9.31. The number of aliphatic carboxylic acids is 1. The summed E-state index contributed by atoms with van der Waals surface area (Å²) < 4.78 is 3.72. The van der Waals surface area contributed by atoms with Crippen LogP contribution in [0.4, 0.5) is 0 Å². The van der Waals surface area contributed by atoms with Crippen LogP contribution in [0.15, 0.2) is 5.38 Å². The van der Waals surface area contributed by atoms with Gasteiger partial charge in [0.05, 0.1) is 5.69 Å². The zero-order valence-electron chi connectivity index (χ0n) is 7.06. The maximum atomic E-state index is 11.2. The minimum atomic E-state index is -0.752. The van der Waals surface area contributed by atoms with Crippen LogP contribution in [0, 0.1) is 0 Å². The Balaban J connectivity index is 2.39. The van der Waals surface area contributed by atoms with E-state index < -0.39 is 11.4 Å². The SMILES string of the molecule is O=C(O)C1(c2csnn2)CCCC1. The van der Waals surface area contributed by atoms with Gasteiger partial charge in [0.25, 0.3) is 0 Å². The number of hydrogen-bond acceptors (Lipinski definition) is 4. The molecule has 70 valence electrons. The summed E-state index contributed by atoms with van der Waals surface area (Å²) in [5, 5.41) is 14.8. The molecule has 0 aromatic carbocycles. The molecular weight excluding hydrogens is 188 g/mol. The van der Waals surface area contributed by atoms with Gasteiger partial charge >= 0.3 is 5.97 Å². The summed E-state index contributed by atoms with van der Waals surface area (Å²) in [6.07, 6.45) is 3.36. The van der Waals surface area contributed by atoms with Gasteiger partial charge in [-0.3, -0.25) is 4.79 Å². The van der Waals surface area contributed by atoms with Gasteiger partial charge in [-0.2, -0.15) is 0 Å². The molecule has 0 saturated heterocycles. The zero-order valence-corrected chi connectivity index (χ0v) is 7.88. The van der Waals surface area contributed by atoms with Gasteiger partial charge < -0.3 is 5.11 Å². The second-order valence-electron chi connectivity index (χ2n) is 3.38. The molecule has 0 radical (unpaired) electrons. The van der Waals surface area contributed by atoms with Crippen molar-refractivity contribution < 1.29 is 9.90 Å². The third kappa shape index (κ3) is 1.23. The minimum absolute atomic E-state index is 0.641. The van der Waals surface area contributed by atoms with Gasteiger partial charge in [0, 0.05) is 5.38 Å². The molecule has 5 heteroatoms. The Labute approximate surface area is 79.8 Å². The Morgan fingerprint density at radius 2 is 2.23 bits per heavy atom. The van der Waals surface area contributed by atoms with Gasteiger partial charge in [-0.1, -0.05) is 17.3 Å². The number of nitrogens with zero attached hydrogens (tertiary/aromatic N) is 2. The van der Waals surface area contributed by atoms with Gasteiger partial charge in [0.1, 0.15) is 5.41 Å². The Bertz CT molecular complexity index is 304. The van der Waals surface area contributed by atoms with Crippen LogP contribution >= 0.6 is 11.5 Å². The predicted molar refractivity (Wildman–Crippen MR) is 47.7 cm³/mol. The molecule has 0 bridgehead atoms. The molecule has 0 atom stereocenters. The van der Waals surface area contributed by atoms with E-state index in [9.17, 15) is 9.90 Å². The number of hydrogen-bond donors (Lipinski definition) is 1. The molecule has 1 aromatic rings.